The van der Waals surface area contributed by atoms with Gasteiger partial charge in [-0.2, -0.15) is 13.2 Å². The molecule has 0 bridgehead atoms. The number of carbonyl (C=O) groups is 1. The zero-order valence-corrected chi connectivity index (χ0v) is 16.2. The lowest BCUT2D eigenvalue weighted by Gasteiger charge is -2.16. The molecule has 0 unspecified atom stereocenters. The third kappa shape index (κ3) is 4.77. The second-order valence-electron chi connectivity index (χ2n) is 5.83. The highest BCUT2D eigenvalue weighted by Gasteiger charge is 2.32. The van der Waals surface area contributed by atoms with E-state index in [1.54, 1.807) is 31.4 Å². The number of pyridine rings is 1. The Labute approximate surface area is 168 Å². The maximum atomic E-state index is 12.7. The third-order valence-corrected chi connectivity index (χ3v) is 5.26. The molecule has 1 amide bonds. The number of nitrogens with zero attached hydrogens (tertiary/aromatic N) is 3. The van der Waals surface area contributed by atoms with Gasteiger partial charge in [0.25, 0.3) is 0 Å². The first-order valence-electron chi connectivity index (χ1n) is 8.15. The standard InChI is InChI=1S/C18H15ClF3N3O2S/c1-27-13-4-2-12(3-5-13)24-17-25(16(26)10-28-17)7-6-15-14(19)8-11(9-23-15)18(20,21)22/h2-5,8-9H,6-7,10H2,1H3. The molecule has 0 aliphatic carbocycles. The molecule has 2 aromatic rings. The smallest absolute Gasteiger partial charge is 0.417 e. The Morgan fingerprint density at radius 3 is 2.64 bits per heavy atom. The number of benzene rings is 1. The summed E-state index contributed by atoms with van der Waals surface area (Å²) in [5.41, 5.74) is 0.0488. The number of carbonyl (C=O) groups excluding carboxylic acids is 1. The lowest BCUT2D eigenvalue weighted by molar-refractivity contribution is -0.137. The minimum absolute atomic E-state index is 0.0808. The minimum Gasteiger partial charge on any atom is -0.497 e. The average molecular weight is 430 g/mol. The van der Waals surface area contributed by atoms with E-state index in [1.807, 2.05) is 0 Å². The van der Waals surface area contributed by atoms with Crippen molar-refractivity contribution in [1.82, 2.24) is 9.88 Å². The van der Waals surface area contributed by atoms with Crippen molar-refractivity contribution in [2.45, 2.75) is 12.6 Å². The van der Waals surface area contributed by atoms with E-state index in [4.69, 9.17) is 16.3 Å². The van der Waals surface area contributed by atoms with Gasteiger partial charge in [-0.3, -0.25) is 14.7 Å². The van der Waals surface area contributed by atoms with Gasteiger partial charge in [0.1, 0.15) is 5.75 Å². The van der Waals surface area contributed by atoms with E-state index < -0.39 is 11.7 Å². The predicted octanol–water partition coefficient (Wildman–Crippen LogP) is 4.57. The zero-order valence-electron chi connectivity index (χ0n) is 14.7. The molecule has 3 rings (SSSR count). The van der Waals surface area contributed by atoms with Gasteiger partial charge in [0, 0.05) is 19.2 Å². The molecule has 0 saturated carbocycles. The van der Waals surface area contributed by atoms with Crippen molar-refractivity contribution in [3.63, 3.8) is 0 Å². The van der Waals surface area contributed by atoms with Crippen molar-refractivity contribution in [2.24, 2.45) is 4.99 Å². The summed E-state index contributed by atoms with van der Waals surface area (Å²) in [4.78, 5) is 21.9. The number of ether oxygens (including phenoxy) is 1. The molecule has 1 aliphatic heterocycles. The second kappa shape index (κ2) is 8.40. The Morgan fingerprint density at radius 1 is 1.32 bits per heavy atom. The number of thioether (sulfide) groups is 1. The Bertz CT molecular complexity index is 904. The summed E-state index contributed by atoms with van der Waals surface area (Å²) in [6.45, 7) is 0.221. The topological polar surface area (TPSA) is 54.8 Å². The minimum atomic E-state index is -4.51. The van der Waals surface area contributed by atoms with Gasteiger partial charge in [0.2, 0.25) is 5.91 Å². The summed E-state index contributed by atoms with van der Waals surface area (Å²) in [6.07, 6.45) is -3.55. The molecule has 148 valence electrons. The normalized spacial score (nSPS) is 16.1. The Kier molecular flexibility index (Phi) is 6.14. The third-order valence-electron chi connectivity index (χ3n) is 3.97. The number of hydrogen-bond acceptors (Lipinski definition) is 5. The molecule has 1 aromatic heterocycles. The fraction of sp³-hybridized carbons (Fsp3) is 0.278. The van der Waals surface area contributed by atoms with Crippen molar-refractivity contribution in [1.29, 1.82) is 0 Å². The molecule has 1 fully saturated rings. The van der Waals surface area contributed by atoms with Crippen LogP contribution in [0.15, 0.2) is 41.5 Å². The van der Waals surface area contributed by atoms with Gasteiger partial charge in [0.05, 0.1) is 34.8 Å². The quantitative estimate of drug-likeness (QED) is 0.698. The molecule has 28 heavy (non-hydrogen) atoms. The molecule has 1 saturated heterocycles. The van der Waals surface area contributed by atoms with Crippen LogP contribution in [-0.2, 0) is 17.4 Å². The van der Waals surface area contributed by atoms with E-state index in [2.05, 4.69) is 9.98 Å². The fourth-order valence-electron chi connectivity index (χ4n) is 2.49. The lowest BCUT2D eigenvalue weighted by Crippen LogP contribution is -2.31. The van der Waals surface area contributed by atoms with E-state index in [1.165, 1.54) is 16.7 Å². The number of hydrogen-bond donors (Lipinski definition) is 0. The summed E-state index contributed by atoms with van der Waals surface area (Å²) in [6, 6.07) is 7.90. The van der Waals surface area contributed by atoms with Crippen LogP contribution in [0.25, 0.3) is 0 Å². The average Bonchev–Trinajstić information content (AvgIpc) is 3.00. The summed E-state index contributed by atoms with van der Waals surface area (Å²) in [5, 5.41) is 0.445. The van der Waals surface area contributed by atoms with Crippen molar-refractivity contribution in [2.75, 3.05) is 19.4 Å². The predicted molar refractivity (Wildman–Crippen MR) is 102 cm³/mol. The SMILES string of the molecule is COc1ccc(N=C2SCC(=O)N2CCc2ncc(C(F)(F)F)cc2Cl)cc1. The highest BCUT2D eigenvalue weighted by Crippen LogP contribution is 2.31. The van der Waals surface area contributed by atoms with Crippen LogP contribution < -0.4 is 4.74 Å². The fourth-order valence-corrected chi connectivity index (χ4v) is 3.68. The molecule has 0 atom stereocenters. The summed E-state index contributed by atoms with van der Waals surface area (Å²) in [7, 11) is 1.56. The van der Waals surface area contributed by atoms with Crippen molar-refractivity contribution in [3.8, 4) is 5.75 Å². The van der Waals surface area contributed by atoms with Crippen LogP contribution in [0.5, 0.6) is 5.75 Å². The van der Waals surface area contributed by atoms with Crippen LogP contribution in [-0.4, -0.2) is 40.4 Å². The van der Waals surface area contributed by atoms with Gasteiger partial charge in [-0.25, -0.2) is 4.99 Å². The van der Waals surface area contributed by atoms with Gasteiger partial charge in [-0.05, 0) is 30.3 Å². The van der Waals surface area contributed by atoms with Gasteiger partial charge in [-0.15, -0.1) is 0 Å². The summed E-state index contributed by atoms with van der Waals surface area (Å²) in [5.74, 6) is 0.822. The van der Waals surface area contributed by atoms with E-state index in [9.17, 15) is 18.0 Å². The number of rotatable bonds is 5. The van der Waals surface area contributed by atoms with Crippen LogP contribution in [0.2, 0.25) is 5.02 Å². The van der Waals surface area contributed by atoms with Crippen LogP contribution in [0.3, 0.4) is 0 Å². The van der Waals surface area contributed by atoms with E-state index in [-0.39, 0.29) is 29.6 Å². The van der Waals surface area contributed by atoms with Crippen LogP contribution in [0.1, 0.15) is 11.3 Å². The number of amidine groups is 1. The first-order chi connectivity index (χ1) is 13.3. The second-order valence-corrected chi connectivity index (χ2v) is 7.18. The number of aliphatic imine (C=N–C) groups is 1. The molecule has 10 heteroatoms. The molecule has 0 N–H and O–H groups in total. The number of alkyl halides is 3. The molecule has 1 aliphatic rings. The number of aromatic nitrogens is 1. The maximum Gasteiger partial charge on any atom is 0.417 e. The molecular weight excluding hydrogens is 415 g/mol. The van der Waals surface area contributed by atoms with Crippen molar-refractivity contribution >= 4 is 40.1 Å². The first-order valence-corrected chi connectivity index (χ1v) is 9.52. The van der Waals surface area contributed by atoms with Crippen LogP contribution >= 0.6 is 23.4 Å². The maximum absolute atomic E-state index is 12.7. The molecule has 2 heterocycles. The Balaban J connectivity index is 1.73. The van der Waals surface area contributed by atoms with Crippen molar-refractivity contribution < 1.29 is 22.7 Å². The highest BCUT2D eigenvalue weighted by atomic mass is 35.5. The van der Waals surface area contributed by atoms with Gasteiger partial charge in [-0.1, -0.05) is 23.4 Å². The monoisotopic (exact) mass is 429 g/mol. The lowest BCUT2D eigenvalue weighted by atomic mass is 10.2. The Hall–Kier alpha value is -2.26. The molecule has 0 radical (unpaired) electrons. The number of halogens is 4. The van der Waals surface area contributed by atoms with E-state index in [0.29, 0.717) is 22.3 Å². The van der Waals surface area contributed by atoms with Gasteiger partial charge < -0.3 is 4.74 Å². The number of amides is 1. The van der Waals surface area contributed by atoms with Gasteiger partial charge in [0.15, 0.2) is 5.17 Å². The highest BCUT2D eigenvalue weighted by molar-refractivity contribution is 8.15. The number of methoxy groups -OCH3 is 1. The van der Waals surface area contributed by atoms with Crippen LogP contribution in [0, 0.1) is 0 Å². The van der Waals surface area contributed by atoms with Crippen LogP contribution in [0.4, 0.5) is 18.9 Å². The Morgan fingerprint density at radius 2 is 2.04 bits per heavy atom. The molecule has 0 spiro atoms. The van der Waals surface area contributed by atoms with E-state index in [0.717, 1.165) is 12.3 Å². The first kappa shape index (κ1) is 20.5. The van der Waals surface area contributed by atoms with Gasteiger partial charge >= 0.3 is 6.18 Å². The van der Waals surface area contributed by atoms with Crippen molar-refractivity contribution in [3.05, 3.63) is 52.8 Å². The summed E-state index contributed by atoms with van der Waals surface area (Å²) < 4.78 is 43.2. The zero-order chi connectivity index (χ0) is 20.3. The molecular formula is C18H15ClF3N3O2S. The molecule has 5 nitrogen and oxygen atoms in total. The largest absolute Gasteiger partial charge is 0.497 e. The molecule has 1 aromatic carbocycles. The van der Waals surface area contributed by atoms with E-state index >= 15 is 0 Å². The summed E-state index contributed by atoms with van der Waals surface area (Å²) >= 11 is 7.24.